The molecule has 0 bridgehead atoms. The van der Waals surface area contributed by atoms with Gasteiger partial charge < -0.3 is 9.42 Å². The highest BCUT2D eigenvalue weighted by Gasteiger charge is 2.35. The van der Waals surface area contributed by atoms with Crippen molar-refractivity contribution >= 4 is 18.9 Å². The second kappa shape index (κ2) is 7.44. The third-order valence-corrected chi connectivity index (χ3v) is 5.35. The fourth-order valence-electron chi connectivity index (χ4n) is 2.97. The van der Waals surface area contributed by atoms with E-state index in [4.69, 9.17) is 4.52 Å². The van der Waals surface area contributed by atoms with E-state index in [0.29, 0.717) is 27.8 Å². The molecule has 0 spiro atoms. The normalized spacial score (nSPS) is 13.3. The number of hydrogen-bond acceptors (Lipinski definition) is 4. The molecule has 0 aliphatic rings. The molecule has 2 aromatic rings. The van der Waals surface area contributed by atoms with Crippen molar-refractivity contribution in [2.45, 2.75) is 27.7 Å². The van der Waals surface area contributed by atoms with E-state index >= 15 is 0 Å². The second-order valence-electron chi connectivity index (χ2n) is 5.82. The predicted molar refractivity (Wildman–Crippen MR) is 96.3 cm³/mol. The molecule has 0 fully saturated rings. The molecule has 1 unspecified atom stereocenters. The molecule has 25 heavy (non-hydrogen) atoms. The van der Waals surface area contributed by atoms with Crippen LogP contribution in [0.4, 0.5) is 0 Å². The summed E-state index contributed by atoms with van der Waals surface area (Å²) in [4.78, 5) is 35.3. The maximum atomic E-state index is 12.9. The Morgan fingerprint density at radius 3 is 2.16 bits per heavy atom. The predicted octanol–water partition coefficient (Wildman–Crippen LogP) is 4.20. The van der Waals surface area contributed by atoms with Gasteiger partial charge in [-0.05, 0) is 44.4 Å². The van der Waals surface area contributed by atoms with E-state index in [1.165, 1.54) is 6.92 Å². The lowest BCUT2D eigenvalue weighted by atomic mass is 9.89. The van der Waals surface area contributed by atoms with Gasteiger partial charge in [0.25, 0.3) is 5.52 Å². The molecule has 0 saturated heterocycles. The molecule has 0 aliphatic carbocycles. The van der Waals surface area contributed by atoms with Gasteiger partial charge in [0.05, 0.1) is 6.61 Å². The smallest absolute Gasteiger partial charge is 0.319 e. The van der Waals surface area contributed by atoms with E-state index < -0.39 is 13.1 Å². The van der Waals surface area contributed by atoms with Gasteiger partial charge in [-0.3, -0.25) is 14.2 Å². The Balaban J connectivity index is 2.64. The Morgan fingerprint density at radius 1 is 1.04 bits per heavy atom. The first kappa shape index (κ1) is 19.3. The Hall–Kier alpha value is -2.07. The summed E-state index contributed by atoms with van der Waals surface area (Å²) in [6.45, 7) is 6.56. The van der Waals surface area contributed by atoms with Gasteiger partial charge >= 0.3 is 7.60 Å². The van der Waals surface area contributed by atoms with Gasteiger partial charge in [-0.1, -0.05) is 36.4 Å². The summed E-state index contributed by atoms with van der Waals surface area (Å²) >= 11 is 0. The van der Waals surface area contributed by atoms with E-state index in [0.717, 1.165) is 0 Å². The van der Waals surface area contributed by atoms with Gasteiger partial charge in [-0.25, -0.2) is 0 Å². The SMILES string of the molecule is CCOP(=O)(O)C(=O)c1c(C)cc(C)c(C(=O)c2ccccc2)c1C. The number of carbonyl (C=O) groups excluding carboxylic acids is 2. The lowest BCUT2D eigenvalue weighted by Gasteiger charge is -2.18. The molecule has 132 valence electrons. The maximum Gasteiger partial charge on any atom is 0.399 e. The van der Waals surface area contributed by atoms with Crippen LogP contribution in [-0.2, 0) is 9.09 Å². The van der Waals surface area contributed by atoms with Crippen LogP contribution in [0, 0.1) is 20.8 Å². The Bertz CT molecular complexity index is 871. The minimum absolute atomic E-state index is 0.0563. The third-order valence-electron chi connectivity index (χ3n) is 4.01. The molecule has 1 atom stereocenters. The molecule has 0 radical (unpaired) electrons. The summed E-state index contributed by atoms with van der Waals surface area (Å²) in [6.07, 6.45) is 0. The Morgan fingerprint density at radius 2 is 1.60 bits per heavy atom. The number of carbonyl (C=O) groups is 2. The van der Waals surface area contributed by atoms with Gasteiger partial charge in [0.1, 0.15) is 0 Å². The highest BCUT2D eigenvalue weighted by atomic mass is 31.2. The maximum absolute atomic E-state index is 12.9. The van der Waals surface area contributed by atoms with Gasteiger partial charge in [0.15, 0.2) is 5.78 Å². The van der Waals surface area contributed by atoms with E-state index in [9.17, 15) is 19.0 Å². The van der Waals surface area contributed by atoms with Crippen molar-refractivity contribution in [3.8, 4) is 0 Å². The first-order valence-corrected chi connectivity index (χ1v) is 9.51. The first-order chi connectivity index (χ1) is 11.7. The van der Waals surface area contributed by atoms with Crippen molar-refractivity contribution in [2.75, 3.05) is 6.61 Å². The molecule has 5 nitrogen and oxygen atoms in total. The topological polar surface area (TPSA) is 80.7 Å². The highest BCUT2D eigenvalue weighted by molar-refractivity contribution is 7.71. The number of hydrogen-bond donors (Lipinski definition) is 1. The molecule has 2 rings (SSSR count). The lowest BCUT2D eigenvalue weighted by Crippen LogP contribution is -2.14. The van der Waals surface area contributed by atoms with Crippen LogP contribution in [0.15, 0.2) is 36.4 Å². The minimum Gasteiger partial charge on any atom is -0.319 e. The average molecular weight is 360 g/mol. The van der Waals surface area contributed by atoms with Crippen LogP contribution in [0.5, 0.6) is 0 Å². The summed E-state index contributed by atoms with van der Waals surface area (Å²) in [7, 11) is -4.45. The number of aryl methyl sites for hydroxylation is 2. The van der Waals surface area contributed by atoms with Crippen molar-refractivity contribution in [2.24, 2.45) is 0 Å². The number of benzene rings is 2. The van der Waals surface area contributed by atoms with Crippen LogP contribution in [0.3, 0.4) is 0 Å². The molecule has 0 aliphatic heterocycles. The zero-order chi connectivity index (χ0) is 18.8. The van der Waals surface area contributed by atoms with Crippen LogP contribution >= 0.6 is 7.60 Å². The van der Waals surface area contributed by atoms with E-state index in [-0.39, 0.29) is 18.0 Å². The Kier molecular flexibility index (Phi) is 5.73. The molecule has 6 heteroatoms. The van der Waals surface area contributed by atoms with Crippen molar-refractivity contribution in [1.82, 2.24) is 0 Å². The van der Waals surface area contributed by atoms with Crippen LogP contribution in [0.1, 0.15) is 49.9 Å². The van der Waals surface area contributed by atoms with Crippen molar-refractivity contribution in [3.05, 3.63) is 69.8 Å². The van der Waals surface area contributed by atoms with E-state index in [1.54, 1.807) is 51.1 Å². The quantitative estimate of drug-likeness (QED) is 0.617. The zero-order valence-electron chi connectivity index (χ0n) is 14.7. The van der Waals surface area contributed by atoms with Gasteiger partial charge in [-0.15, -0.1) is 0 Å². The minimum atomic E-state index is -4.45. The van der Waals surface area contributed by atoms with Gasteiger partial charge in [-0.2, -0.15) is 0 Å². The second-order valence-corrected chi connectivity index (χ2v) is 7.53. The molecule has 0 aromatic heterocycles. The van der Waals surface area contributed by atoms with Gasteiger partial charge in [0.2, 0.25) is 0 Å². The summed E-state index contributed by atoms with van der Waals surface area (Å²) in [5.74, 6) is -0.228. The fourth-order valence-corrected chi connectivity index (χ4v) is 4.07. The standard InChI is InChI=1S/C19H21O5P/c1-5-24-25(22,23)19(21)17-13(3)11-12(2)16(14(17)4)18(20)15-9-7-6-8-10-15/h6-11H,5H2,1-4H3,(H,22,23). The van der Waals surface area contributed by atoms with Crippen molar-refractivity contribution < 1.29 is 23.6 Å². The average Bonchev–Trinajstić information content (AvgIpc) is 2.54. The zero-order valence-corrected chi connectivity index (χ0v) is 15.6. The van der Waals surface area contributed by atoms with E-state index in [2.05, 4.69) is 0 Å². The molecule has 1 N–H and O–H groups in total. The summed E-state index contributed by atoms with van der Waals surface area (Å²) < 4.78 is 16.9. The first-order valence-electron chi connectivity index (χ1n) is 7.93. The lowest BCUT2D eigenvalue weighted by molar-refractivity contribution is 0.102. The molecular weight excluding hydrogens is 339 g/mol. The summed E-state index contributed by atoms with van der Waals surface area (Å²) in [5.41, 5.74) is 1.61. The van der Waals surface area contributed by atoms with Crippen molar-refractivity contribution in [1.29, 1.82) is 0 Å². The molecular formula is C19H21O5P. The van der Waals surface area contributed by atoms with Crippen LogP contribution in [0.2, 0.25) is 0 Å². The van der Waals surface area contributed by atoms with E-state index in [1.807, 2.05) is 6.07 Å². The van der Waals surface area contributed by atoms with Crippen LogP contribution < -0.4 is 0 Å². The number of ketones is 1. The fraction of sp³-hybridized carbons (Fsp3) is 0.263. The summed E-state index contributed by atoms with van der Waals surface area (Å²) in [6, 6.07) is 10.4. The monoisotopic (exact) mass is 360 g/mol. The molecule has 2 aromatic carbocycles. The number of rotatable bonds is 6. The molecule has 0 heterocycles. The molecule has 0 saturated carbocycles. The Labute approximate surface area is 147 Å². The molecule has 0 amide bonds. The van der Waals surface area contributed by atoms with Crippen LogP contribution in [0.25, 0.3) is 0 Å². The largest absolute Gasteiger partial charge is 0.399 e. The van der Waals surface area contributed by atoms with Crippen molar-refractivity contribution in [3.63, 3.8) is 0 Å². The van der Waals surface area contributed by atoms with Crippen LogP contribution in [-0.4, -0.2) is 22.8 Å². The summed E-state index contributed by atoms with van der Waals surface area (Å²) in [5, 5.41) is 0. The highest BCUT2D eigenvalue weighted by Crippen LogP contribution is 2.47. The van der Waals surface area contributed by atoms with Gasteiger partial charge in [0, 0.05) is 16.7 Å². The third kappa shape index (κ3) is 3.79.